The van der Waals surface area contributed by atoms with Gasteiger partial charge in [0.05, 0.1) is 35.3 Å². The van der Waals surface area contributed by atoms with Crippen LogP contribution in [0.3, 0.4) is 0 Å². The molecule has 0 radical (unpaired) electrons. The number of carbonyl (C=O) groups is 3. The van der Waals surface area contributed by atoms with E-state index < -0.39 is 11.9 Å². The van der Waals surface area contributed by atoms with Crippen molar-refractivity contribution in [1.82, 2.24) is 9.80 Å². The van der Waals surface area contributed by atoms with Crippen molar-refractivity contribution in [2.24, 2.45) is 10.4 Å². The number of carbonyl (C=O) groups excluding carboxylic acids is 3. The third-order valence-corrected chi connectivity index (χ3v) is 7.08. The standard InChI is InChI=1S/C25H30ClFN4O4/c1-25(2)13-21(32)17(22(33)14-25)15-28-5-6-29-7-9-30(10-8-29)20-12-23(34)31(24(20)35)16-3-4-19(27)18(26)11-16/h3-4,11,15,20,32H,5-10,12-14H2,1-2H3/t20-/m0/s1. The molecule has 1 aliphatic carbocycles. The first-order valence-corrected chi connectivity index (χ1v) is 12.2. The number of nitrogens with zero attached hydrogens (tertiary/aromatic N) is 4. The summed E-state index contributed by atoms with van der Waals surface area (Å²) in [6, 6.07) is 3.29. The second-order valence-electron chi connectivity index (χ2n) is 10.1. The molecule has 0 bridgehead atoms. The summed E-state index contributed by atoms with van der Waals surface area (Å²) in [6.45, 7) is 7.80. The van der Waals surface area contributed by atoms with E-state index in [-0.39, 0.29) is 45.9 Å². The molecule has 0 aromatic heterocycles. The number of Topliss-reactive ketones (excluding diaryl/α,β-unsaturated/α-hetero) is 1. The monoisotopic (exact) mass is 504 g/mol. The summed E-state index contributed by atoms with van der Waals surface area (Å²) in [7, 11) is 0. The van der Waals surface area contributed by atoms with E-state index in [0.29, 0.717) is 44.6 Å². The number of ketones is 1. The van der Waals surface area contributed by atoms with E-state index in [1.165, 1.54) is 18.3 Å². The predicted octanol–water partition coefficient (Wildman–Crippen LogP) is 3.00. The van der Waals surface area contributed by atoms with Gasteiger partial charge in [-0.2, -0.15) is 0 Å². The Morgan fingerprint density at radius 2 is 1.89 bits per heavy atom. The molecule has 0 spiro atoms. The van der Waals surface area contributed by atoms with Crippen molar-refractivity contribution in [1.29, 1.82) is 0 Å². The molecule has 1 aromatic rings. The Bertz CT molecular complexity index is 1090. The van der Waals surface area contributed by atoms with E-state index in [1.54, 1.807) is 0 Å². The number of rotatable bonds is 6. The van der Waals surface area contributed by atoms with Gasteiger partial charge in [0, 0.05) is 51.8 Å². The molecule has 0 unspecified atom stereocenters. The van der Waals surface area contributed by atoms with Crippen LogP contribution >= 0.6 is 11.6 Å². The highest BCUT2D eigenvalue weighted by Gasteiger charge is 2.43. The molecule has 2 saturated heterocycles. The van der Waals surface area contributed by atoms with Gasteiger partial charge in [0.2, 0.25) is 5.91 Å². The molecule has 1 N–H and O–H groups in total. The second kappa shape index (κ2) is 10.2. The fourth-order valence-electron chi connectivity index (χ4n) is 4.90. The SMILES string of the molecule is CC1(C)CC(=O)C(C=NCCN2CCN([C@H]3CC(=O)N(c4ccc(F)c(Cl)c4)C3=O)CC2)=C(O)C1. The molecule has 188 valence electrons. The number of imide groups is 1. The molecule has 2 heterocycles. The Labute approximate surface area is 209 Å². The number of allylic oxidation sites excluding steroid dienone is 2. The number of benzene rings is 1. The van der Waals surface area contributed by atoms with E-state index in [9.17, 15) is 23.9 Å². The average Bonchev–Trinajstić information content (AvgIpc) is 3.08. The number of aliphatic hydroxyl groups excluding tert-OH is 1. The molecule has 2 aliphatic heterocycles. The molecule has 35 heavy (non-hydrogen) atoms. The molecule has 2 fully saturated rings. The number of aliphatic hydroxyl groups is 1. The zero-order chi connectivity index (χ0) is 25.3. The van der Waals surface area contributed by atoms with Crippen LogP contribution in [0.25, 0.3) is 0 Å². The number of anilines is 1. The van der Waals surface area contributed by atoms with Crippen LogP contribution in [0.2, 0.25) is 5.02 Å². The van der Waals surface area contributed by atoms with Gasteiger partial charge in [0.15, 0.2) is 5.78 Å². The lowest BCUT2D eigenvalue weighted by Gasteiger charge is -2.36. The molecule has 8 nitrogen and oxygen atoms in total. The Morgan fingerprint density at radius 1 is 1.17 bits per heavy atom. The molecule has 1 aromatic carbocycles. The number of halogens is 2. The third kappa shape index (κ3) is 5.63. The predicted molar refractivity (Wildman–Crippen MR) is 131 cm³/mol. The Kier molecular flexibility index (Phi) is 7.40. The molecule has 10 heteroatoms. The van der Waals surface area contributed by atoms with Crippen LogP contribution in [0, 0.1) is 11.2 Å². The molecule has 3 aliphatic rings. The van der Waals surface area contributed by atoms with Crippen molar-refractivity contribution >= 4 is 41.1 Å². The van der Waals surface area contributed by atoms with Gasteiger partial charge < -0.3 is 5.11 Å². The van der Waals surface area contributed by atoms with Crippen molar-refractivity contribution in [3.05, 3.63) is 40.4 Å². The van der Waals surface area contributed by atoms with E-state index in [4.69, 9.17) is 11.6 Å². The zero-order valence-corrected chi connectivity index (χ0v) is 20.7. The minimum absolute atomic E-state index is 0.0798. The lowest BCUT2D eigenvalue weighted by molar-refractivity contribution is -0.123. The lowest BCUT2D eigenvalue weighted by atomic mass is 9.77. The third-order valence-electron chi connectivity index (χ3n) is 6.79. The maximum Gasteiger partial charge on any atom is 0.251 e. The van der Waals surface area contributed by atoms with Gasteiger partial charge in [-0.1, -0.05) is 25.4 Å². The van der Waals surface area contributed by atoms with Crippen LogP contribution in [0.15, 0.2) is 34.5 Å². The number of aliphatic imine (C=N–C) groups is 1. The lowest BCUT2D eigenvalue weighted by Crippen LogP contribution is -2.52. The van der Waals surface area contributed by atoms with Crippen LogP contribution in [-0.4, -0.2) is 84.0 Å². The number of amides is 2. The number of hydrogen-bond acceptors (Lipinski definition) is 7. The first-order chi connectivity index (χ1) is 16.6. The fraction of sp³-hybridized carbons (Fsp3) is 0.520. The van der Waals surface area contributed by atoms with Crippen LogP contribution in [0.5, 0.6) is 0 Å². The van der Waals surface area contributed by atoms with Crippen LogP contribution in [0.4, 0.5) is 10.1 Å². The largest absolute Gasteiger partial charge is 0.511 e. The van der Waals surface area contributed by atoms with Gasteiger partial charge in [0.1, 0.15) is 11.6 Å². The summed E-state index contributed by atoms with van der Waals surface area (Å²) in [5, 5.41) is 10.1. The smallest absolute Gasteiger partial charge is 0.251 e. The quantitative estimate of drug-likeness (QED) is 0.473. The molecular formula is C25H30ClFN4O4. The fourth-order valence-corrected chi connectivity index (χ4v) is 5.07. The minimum atomic E-state index is -0.602. The molecule has 1 atom stereocenters. The van der Waals surface area contributed by atoms with Crippen LogP contribution in [0.1, 0.15) is 33.1 Å². The van der Waals surface area contributed by atoms with Crippen molar-refractivity contribution in [3.63, 3.8) is 0 Å². The molecule has 4 rings (SSSR count). The summed E-state index contributed by atoms with van der Waals surface area (Å²) < 4.78 is 13.5. The summed E-state index contributed by atoms with van der Waals surface area (Å²) in [5.74, 6) is -1.21. The van der Waals surface area contributed by atoms with Gasteiger partial charge in [-0.25, -0.2) is 9.29 Å². The van der Waals surface area contributed by atoms with Gasteiger partial charge in [-0.3, -0.25) is 29.2 Å². The van der Waals surface area contributed by atoms with Gasteiger partial charge in [0.25, 0.3) is 5.91 Å². The second-order valence-corrected chi connectivity index (χ2v) is 10.5. The molecule has 0 saturated carbocycles. The topological polar surface area (TPSA) is 93.5 Å². The van der Waals surface area contributed by atoms with E-state index >= 15 is 0 Å². The van der Waals surface area contributed by atoms with E-state index in [0.717, 1.165) is 24.1 Å². The first-order valence-electron chi connectivity index (χ1n) is 11.8. The van der Waals surface area contributed by atoms with Gasteiger partial charge in [-0.15, -0.1) is 0 Å². The van der Waals surface area contributed by atoms with Crippen molar-refractivity contribution in [2.75, 3.05) is 44.2 Å². The summed E-state index contributed by atoms with van der Waals surface area (Å²) in [4.78, 5) is 47.5. The maximum absolute atomic E-state index is 13.5. The highest BCUT2D eigenvalue weighted by molar-refractivity contribution is 6.31. The highest BCUT2D eigenvalue weighted by Crippen LogP contribution is 2.35. The normalized spacial score (nSPS) is 24.3. The Morgan fingerprint density at radius 3 is 2.54 bits per heavy atom. The van der Waals surface area contributed by atoms with E-state index in [1.807, 2.05) is 18.7 Å². The van der Waals surface area contributed by atoms with Crippen LogP contribution in [-0.2, 0) is 14.4 Å². The zero-order valence-electron chi connectivity index (χ0n) is 20.0. The highest BCUT2D eigenvalue weighted by atomic mass is 35.5. The molecule has 2 amide bonds. The van der Waals surface area contributed by atoms with Crippen molar-refractivity contribution < 1.29 is 23.9 Å². The maximum atomic E-state index is 13.5. The first kappa shape index (κ1) is 25.5. The number of hydrogen-bond donors (Lipinski definition) is 1. The van der Waals surface area contributed by atoms with Gasteiger partial charge >= 0.3 is 0 Å². The molecular weight excluding hydrogens is 475 g/mol. The van der Waals surface area contributed by atoms with Crippen molar-refractivity contribution in [3.8, 4) is 0 Å². The Hall–Kier alpha value is -2.62. The van der Waals surface area contributed by atoms with Crippen LogP contribution < -0.4 is 4.90 Å². The summed E-state index contributed by atoms with van der Waals surface area (Å²) >= 11 is 5.83. The summed E-state index contributed by atoms with van der Waals surface area (Å²) in [6.07, 6.45) is 2.44. The van der Waals surface area contributed by atoms with Crippen molar-refractivity contribution in [2.45, 2.75) is 39.2 Å². The summed E-state index contributed by atoms with van der Waals surface area (Å²) in [5.41, 5.74) is 0.365. The average molecular weight is 505 g/mol. The minimum Gasteiger partial charge on any atom is -0.511 e. The van der Waals surface area contributed by atoms with E-state index in [2.05, 4.69) is 9.89 Å². The van der Waals surface area contributed by atoms with Gasteiger partial charge in [-0.05, 0) is 23.6 Å². The Balaban J connectivity index is 1.27. The number of piperazine rings is 1.